The summed E-state index contributed by atoms with van der Waals surface area (Å²) in [6.07, 6.45) is 6.34. The van der Waals surface area contributed by atoms with Crippen molar-refractivity contribution in [3.63, 3.8) is 0 Å². The van der Waals surface area contributed by atoms with E-state index < -0.39 is 0 Å². The highest BCUT2D eigenvalue weighted by molar-refractivity contribution is 5.94. The molecule has 0 spiro atoms. The fourth-order valence-electron chi connectivity index (χ4n) is 3.66. The Labute approximate surface area is 143 Å². The highest BCUT2D eigenvalue weighted by atomic mass is 16.2. The van der Waals surface area contributed by atoms with Crippen molar-refractivity contribution >= 4 is 5.91 Å². The first-order valence-electron chi connectivity index (χ1n) is 8.80. The van der Waals surface area contributed by atoms with E-state index in [4.69, 9.17) is 0 Å². The monoisotopic (exact) mass is 329 g/mol. The van der Waals surface area contributed by atoms with Crippen molar-refractivity contribution in [3.8, 4) is 0 Å². The minimum Gasteiger partial charge on any atom is -0.348 e. The van der Waals surface area contributed by atoms with Crippen molar-refractivity contribution in [3.05, 3.63) is 45.9 Å². The normalized spacial score (nSPS) is 25.0. The van der Waals surface area contributed by atoms with Crippen LogP contribution in [0.1, 0.15) is 37.0 Å². The molecular weight excluding hydrogens is 302 g/mol. The molecule has 1 aliphatic heterocycles. The molecule has 2 unspecified atom stereocenters. The number of hydrogen-bond donors (Lipinski definition) is 1. The average molecular weight is 329 g/mol. The van der Waals surface area contributed by atoms with Gasteiger partial charge in [0.2, 0.25) is 0 Å². The highest BCUT2D eigenvalue weighted by Gasteiger charge is 2.43. The van der Waals surface area contributed by atoms with Crippen molar-refractivity contribution in [1.29, 1.82) is 0 Å². The van der Waals surface area contributed by atoms with Crippen LogP contribution in [0.2, 0.25) is 0 Å². The fraction of sp³-hybridized carbons (Fsp3) is 0.579. The minimum absolute atomic E-state index is 0.138. The summed E-state index contributed by atoms with van der Waals surface area (Å²) in [6, 6.07) is 3.49. The zero-order chi connectivity index (χ0) is 17.3. The minimum atomic E-state index is -0.239. The van der Waals surface area contributed by atoms with E-state index in [0.717, 1.165) is 25.6 Å². The van der Waals surface area contributed by atoms with Gasteiger partial charge in [0.05, 0.1) is 0 Å². The van der Waals surface area contributed by atoms with Gasteiger partial charge in [0.1, 0.15) is 5.56 Å². The molecule has 1 saturated heterocycles. The Bertz CT molecular complexity index is 703. The Hall–Kier alpha value is -1.88. The number of amides is 1. The lowest BCUT2D eigenvalue weighted by Crippen LogP contribution is -2.43. The lowest BCUT2D eigenvalue weighted by Gasteiger charge is -2.19. The molecule has 2 aliphatic rings. The van der Waals surface area contributed by atoms with Gasteiger partial charge in [-0.2, -0.15) is 0 Å². The van der Waals surface area contributed by atoms with Gasteiger partial charge < -0.3 is 9.88 Å². The van der Waals surface area contributed by atoms with E-state index >= 15 is 0 Å². The summed E-state index contributed by atoms with van der Waals surface area (Å²) < 4.78 is 1.45. The zero-order valence-electron chi connectivity index (χ0n) is 14.8. The average Bonchev–Trinajstić information content (AvgIpc) is 3.32. The molecule has 1 saturated carbocycles. The van der Waals surface area contributed by atoms with Crippen LogP contribution in [0.4, 0.5) is 0 Å². The van der Waals surface area contributed by atoms with Crippen LogP contribution in [0, 0.1) is 11.8 Å². The molecule has 2 fully saturated rings. The predicted molar refractivity (Wildman–Crippen MR) is 95.0 cm³/mol. The smallest absolute Gasteiger partial charge is 0.263 e. The van der Waals surface area contributed by atoms with E-state index in [2.05, 4.69) is 30.1 Å². The number of carbonyl (C=O) groups is 1. The van der Waals surface area contributed by atoms with Crippen LogP contribution in [-0.2, 0) is 7.05 Å². The largest absolute Gasteiger partial charge is 0.348 e. The molecule has 2 heterocycles. The molecule has 5 nitrogen and oxygen atoms in total. The van der Waals surface area contributed by atoms with Gasteiger partial charge in [-0.15, -0.1) is 0 Å². The maximum atomic E-state index is 12.6. The molecule has 1 aliphatic carbocycles. The second-order valence-corrected chi connectivity index (χ2v) is 7.25. The van der Waals surface area contributed by atoms with Crippen LogP contribution in [0.25, 0.3) is 0 Å². The number of aryl methyl sites for hydroxylation is 1. The first-order valence-corrected chi connectivity index (χ1v) is 8.80. The molecule has 1 aromatic rings. The van der Waals surface area contributed by atoms with Crippen LogP contribution in [-0.4, -0.2) is 41.1 Å². The van der Waals surface area contributed by atoms with Gasteiger partial charge in [-0.25, -0.2) is 0 Å². The van der Waals surface area contributed by atoms with E-state index in [1.165, 1.54) is 23.0 Å². The van der Waals surface area contributed by atoms with Crippen LogP contribution >= 0.6 is 0 Å². The summed E-state index contributed by atoms with van der Waals surface area (Å²) in [7, 11) is 1.67. The molecule has 0 radical (unpaired) electrons. The highest BCUT2D eigenvalue weighted by Crippen LogP contribution is 2.41. The lowest BCUT2D eigenvalue weighted by molar-refractivity contribution is 0.0926. The number of nitrogens with one attached hydrogen (secondary N) is 1. The SMILES string of the molecule is CC=C(C)CN1CC(NC(=O)c2cccn(C)c2=O)C(C2CC2)C1. The number of carbonyl (C=O) groups excluding carboxylic acids is 1. The third kappa shape index (κ3) is 3.61. The summed E-state index contributed by atoms with van der Waals surface area (Å²) in [5.41, 5.74) is 1.35. The van der Waals surface area contributed by atoms with Crippen molar-refractivity contribution < 1.29 is 4.79 Å². The number of allylic oxidation sites excluding steroid dienone is 1. The van der Waals surface area contributed by atoms with Crippen molar-refractivity contribution in [2.24, 2.45) is 18.9 Å². The summed E-state index contributed by atoms with van der Waals surface area (Å²) in [5, 5.41) is 3.14. The van der Waals surface area contributed by atoms with Crippen LogP contribution in [0.15, 0.2) is 34.8 Å². The molecular formula is C19H27N3O2. The van der Waals surface area contributed by atoms with E-state index in [0.29, 0.717) is 5.92 Å². The number of pyridine rings is 1. The maximum Gasteiger partial charge on any atom is 0.263 e. The van der Waals surface area contributed by atoms with E-state index in [1.54, 1.807) is 25.4 Å². The van der Waals surface area contributed by atoms with E-state index in [-0.39, 0.29) is 23.1 Å². The predicted octanol–water partition coefficient (Wildman–Crippen LogP) is 1.79. The van der Waals surface area contributed by atoms with Crippen LogP contribution < -0.4 is 10.9 Å². The van der Waals surface area contributed by atoms with Gasteiger partial charge in [0.15, 0.2) is 0 Å². The van der Waals surface area contributed by atoms with Gasteiger partial charge >= 0.3 is 0 Å². The van der Waals surface area contributed by atoms with Gasteiger partial charge in [-0.3, -0.25) is 14.5 Å². The first-order chi connectivity index (χ1) is 11.5. The lowest BCUT2D eigenvalue weighted by atomic mass is 9.98. The number of hydrogen-bond acceptors (Lipinski definition) is 3. The zero-order valence-corrected chi connectivity index (χ0v) is 14.8. The Morgan fingerprint density at radius 2 is 2.12 bits per heavy atom. The van der Waals surface area contributed by atoms with E-state index in [9.17, 15) is 9.59 Å². The van der Waals surface area contributed by atoms with Crippen LogP contribution in [0.3, 0.4) is 0 Å². The summed E-state index contributed by atoms with van der Waals surface area (Å²) in [6.45, 7) is 7.07. The standard InChI is InChI=1S/C19H27N3O2/c1-4-13(2)10-22-11-16(14-7-8-14)17(12-22)20-18(23)15-6-5-9-21(3)19(15)24/h4-6,9,14,16-17H,7-8,10-12H2,1-3H3,(H,20,23). The van der Waals surface area contributed by atoms with Crippen LogP contribution in [0.5, 0.6) is 0 Å². The molecule has 3 rings (SSSR count). The Morgan fingerprint density at radius 1 is 1.38 bits per heavy atom. The second-order valence-electron chi connectivity index (χ2n) is 7.25. The summed E-state index contributed by atoms with van der Waals surface area (Å²) in [4.78, 5) is 27.2. The molecule has 130 valence electrons. The molecule has 1 N–H and O–H groups in total. The topological polar surface area (TPSA) is 54.3 Å². The summed E-state index contributed by atoms with van der Waals surface area (Å²) in [5.74, 6) is 0.993. The van der Waals surface area contributed by atoms with Gasteiger partial charge in [-0.05, 0) is 50.7 Å². The van der Waals surface area contributed by atoms with Gasteiger partial charge in [0.25, 0.3) is 11.5 Å². The van der Waals surface area contributed by atoms with Crippen molar-refractivity contribution in [2.75, 3.05) is 19.6 Å². The Kier molecular flexibility index (Phi) is 4.90. The second kappa shape index (κ2) is 6.93. The molecule has 1 amide bonds. The fourth-order valence-corrected chi connectivity index (χ4v) is 3.66. The number of rotatable bonds is 5. The molecule has 0 aromatic carbocycles. The molecule has 5 heteroatoms. The number of aromatic nitrogens is 1. The molecule has 0 bridgehead atoms. The van der Waals surface area contributed by atoms with Gasteiger partial charge in [0, 0.05) is 38.9 Å². The third-order valence-electron chi connectivity index (χ3n) is 5.32. The molecule has 1 aromatic heterocycles. The number of likely N-dealkylation sites (tertiary alicyclic amines) is 1. The maximum absolute atomic E-state index is 12.6. The Morgan fingerprint density at radius 3 is 2.79 bits per heavy atom. The molecule has 24 heavy (non-hydrogen) atoms. The van der Waals surface area contributed by atoms with E-state index in [1.807, 2.05) is 0 Å². The first kappa shape index (κ1) is 17.0. The quantitative estimate of drug-likeness (QED) is 0.838. The molecule has 2 atom stereocenters. The van der Waals surface area contributed by atoms with Gasteiger partial charge in [-0.1, -0.05) is 11.6 Å². The van der Waals surface area contributed by atoms with Crippen molar-refractivity contribution in [2.45, 2.75) is 32.7 Å². The Balaban J connectivity index is 1.71. The summed E-state index contributed by atoms with van der Waals surface area (Å²) >= 11 is 0. The van der Waals surface area contributed by atoms with Crippen molar-refractivity contribution in [1.82, 2.24) is 14.8 Å². The number of nitrogens with zero attached hydrogens (tertiary/aromatic N) is 2. The third-order valence-corrected chi connectivity index (χ3v) is 5.32.